The number of rotatable bonds is 7. The first-order chi connectivity index (χ1) is 15.3. The number of primary amides is 1. The van der Waals surface area contributed by atoms with Gasteiger partial charge in [-0.05, 0) is 60.4 Å². The van der Waals surface area contributed by atoms with Gasteiger partial charge in [-0.25, -0.2) is 0 Å². The molecule has 4 rings (SSSR count). The summed E-state index contributed by atoms with van der Waals surface area (Å²) in [4.78, 5) is 12.1. The van der Waals surface area contributed by atoms with E-state index in [0.29, 0.717) is 12.1 Å². The van der Waals surface area contributed by atoms with Crippen LogP contribution < -0.4 is 5.73 Å². The first-order valence-corrected chi connectivity index (χ1v) is 10.7. The van der Waals surface area contributed by atoms with Gasteiger partial charge in [-0.15, -0.1) is 0 Å². The number of unbranched alkanes of at least 4 members (excludes halogenated alkanes) is 2. The van der Waals surface area contributed by atoms with E-state index in [-0.39, 0.29) is 0 Å². The molecule has 0 aliphatic heterocycles. The molecule has 6 heteroatoms. The number of carbonyl (C=O) groups is 1. The Morgan fingerprint density at radius 3 is 2.44 bits per heavy atom. The van der Waals surface area contributed by atoms with Crippen molar-refractivity contribution in [2.75, 3.05) is 0 Å². The Hall–Kier alpha value is -3.28. The zero-order valence-electron chi connectivity index (χ0n) is 17.8. The van der Waals surface area contributed by atoms with Gasteiger partial charge in [0.25, 0.3) is 0 Å². The van der Waals surface area contributed by atoms with Crippen molar-refractivity contribution in [3.63, 3.8) is 0 Å². The molecule has 1 aromatic heterocycles. The number of alkyl halides is 3. The van der Waals surface area contributed by atoms with Crippen LogP contribution in [0.15, 0.2) is 54.6 Å². The second-order valence-corrected chi connectivity index (χ2v) is 8.07. The maximum Gasteiger partial charge on any atom is 0.416 e. The number of halogens is 3. The van der Waals surface area contributed by atoms with Gasteiger partial charge >= 0.3 is 6.18 Å². The summed E-state index contributed by atoms with van der Waals surface area (Å²) in [6.45, 7) is 2.52. The molecule has 32 heavy (non-hydrogen) atoms. The van der Waals surface area contributed by atoms with E-state index >= 15 is 0 Å². The number of carbonyl (C=O) groups excluding carboxylic acids is 1. The lowest BCUT2D eigenvalue weighted by atomic mass is 10.0. The van der Waals surface area contributed by atoms with Gasteiger partial charge in [-0.2, -0.15) is 13.2 Å². The fraction of sp³-hybridized carbons (Fsp3) is 0.269. The van der Waals surface area contributed by atoms with E-state index < -0.39 is 17.6 Å². The van der Waals surface area contributed by atoms with E-state index in [0.717, 1.165) is 70.7 Å². The highest BCUT2D eigenvalue weighted by Gasteiger charge is 2.30. The van der Waals surface area contributed by atoms with Gasteiger partial charge in [-0.1, -0.05) is 44.0 Å². The molecule has 4 aromatic rings. The lowest BCUT2D eigenvalue weighted by Crippen LogP contribution is -2.11. The minimum Gasteiger partial charge on any atom is -0.366 e. The third kappa shape index (κ3) is 4.22. The Morgan fingerprint density at radius 2 is 1.78 bits per heavy atom. The molecule has 0 saturated carbocycles. The highest BCUT2D eigenvalue weighted by atomic mass is 19.4. The van der Waals surface area contributed by atoms with Crippen LogP contribution in [0.1, 0.15) is 53.2 Å². The molecule has 1 heterocycles. The zero-order valence-corrected chi connectivity index (χ0v) is 17.8. The SMILES string of the molecule is CCCCCc1c[c]c2c3c(C(N)=O)cccc3n(Cc3ccc(C(F)(F)F)cc3)c2c1. The normalized spacial score (nSPS) is 12.0. The van der Waals surface area contributed by atoms with E-state index in [9.17, 15) is 18.0 Å². The number of hydrogen-bond donors (Lipinski definition) is 1. The van der Waals surface area contributed by atoms with E-state index in [1.54, 1.807) is 12.1 Å². The monoisotopic (exact) mass is 437 g/mol. The maximum absolute atomic E-state index is 13.0. The van der Waals surface area contributed by atoms with Crippen LogP contribution in [-0.2, 0) is 19.1 Å². The molecule has 0 bridgehead atoms. The number of nitrogens with zero attached hydrogens (tertiary/aromatic N) is 1. The van der Waals surface area contributed by atoms with Crippen molar-refractivity contribution < 1.29 is 18.0 Å². The van der Waals surface area contributed by atoms with Crippen LogP contribution in [0.3, 0.4) is 0 Å². The van der Waals surface area contributed by atoms with Gasteiger partial charge in [0.05, 0.1) is 16.6 Å². The van der Waals surface area contributed by atoms with Crippen molar-refractivity contribution in [2.45, 2.75) is 45.3 Å². The fourth-order valence-electron chi connectivity index (χ4n) is 4.18. The predicted molar refractivity (Wildman–Crippen MR) is 121 cm³/mol. The molecule has 1 amide bonds. The van der Waals surface area contributed by atoms with Crippen molar-refractivity contribution >= 4 is 27.7 Å². The first-order valence-electron chi connectivity index (χ1n) is 10.7. The summed E-state index contributed by atoms with van der Waals surface area (Å²) in [5.41, 5.74) is 8.94. The average molecular weight is 437 g/mol. The third-order valence-corrected chi connectivity index (χ3v) is 5.81. The number of hydrogen-bond acceptors (Lipinski definition) is 1. The van der Waals surface area contributed by atoms with E-state index in [2.05, 4.69) is 19.1 Å². The summed E-state index contributed by atoms with van der Waals surface area (Å²) in [5, 5.41) is 1.52. The molecule has 3 aromatic carbocycles. The first kappa shape index (κ1) is 21.9. The minimum absolute atomic E-state index is 0.368. The lowest BCUT2D eigenvalue weighted by Gasteiger charge is -2.11. The Bertz CT molecular complexity index is 1270. The number of fused-ring (bicyclic) bond motifs is 3. The molecule has 0 saturated heterocycles. The van der Waals surface area contributed by atoms with Gasteiger partial charge in [0.1, 0.15) is 0 Å². The van der Waals surface area contributed by atoms with Crippen molar-refractivity contribution in [2.24, 2.45) is 5.73 Å². The molecule has 0 aliphatic carbocycles. The number of aryl methyl sites for hydroxylation is 1. The Kier molecular flexibility index (Phi) is 5.96. The quantitative estimate of drug-likeness (QED) is 0.330. The number of aromatic nitrogens is 1. The molecule has 0 unspecified atom stereocenters. The molecule has 1 radical (unpaired) electrons. The Morgan fingerprint density at radius 1 is 1.03 bits per heavy atom. The molecular weight excluding hydrogens is 413 g/mol. The number of benzene rings is 3. The molecule has 3 nitrogen and oxygen atoms in total. The van der Waals surface area contributed by atoms with Crippen molar-refractivity contribution in [1.82, 2.24) is 4.57 Å². The van der Waals surface area contributed by atoms with Gasteiger partial charge in [0, 0.05) is 22.9 Å². The summed E-state index contributed by atoms with van der Waals surface area (Å²) in [6, 6.07) is 17.9. The van der Waals surface area contributed by atoms with Gasteiger partial charge in [-0.3, -0.25) is 4.79 Å². The topological polar surface area (TPSA) is 48.0 Å². The summed E-state index contributed by atoms with van der Waals surface area (Å²) in [7, 11) is 0. The van der Waals surface area contributed by atoms with E-state index in [1.807, 2.05) is 16.7 Å². The van der Waals surface area contributed by atoms with Crippen LogP contribution in [0.2, 0.25) is 0 Å². The molecule has 0 fully saturated rings. The average Bonchev–Trinajstić information content (AvgIpc) is 3.07. The summed E-state index contributed by atoms with van der Waals surface area (Å²) in [6.07, 6.45) is -0.114. The second-order valence-electron chi connectivity index (χ2n) is 8.07. The highest BCUT2D eigenvalue weighted by Crippen LogP contribution is 2.34. The van der Waals surface area contributed by atoms with Crippen LogP contribution in [0, 0.1) is 6.07 Å². The van der Waals surface area contributed by atoms with Crippen LogP contribution in [0.4, 0.5) is 13.2 Å². The van der Waals surface area contributed by atoms with Gasteiger partial charge in [0.15, 0.2) is 0 Å². The zero-order chi connectivity index (χ0) is 22.9. The molecule has 0 spiro atoms. The summed E-state index contributed by atoms with van der Waals surface area (Å²) >= 11 is 0. The van der Waals surface area contributed by atoms with Crippen molar-refractivity contribution in [3.05, 3.63) is 82.9 Å². The van der Waals surface area contributed by atoms with Crippen molar-refractivity contribution in [1.29, 1.82) is 0 Å². The molecule has 0 aliphatic rings. The predicted octanol–water partition coefficient (Wildman–Crippen LogP) is 6.49. The standard InChI is InChI=1S/C26H24F3N2O/c1-2-3-4-6-17-11-14-20-23(15-17)31(22-8-5-7-21(24(20)22)25(30)32)16-18-9-12-19(13-10-18)26(27,28)29/h5,7-13,15H,2-4,6,16H2,1H3,(H2,30,32). The molecule has 2 N–H and O–H groups in total. The smallest absolute Gasteiger partial charge is 0.366 e. The van der Waals surface area contributed by atoms with Crippen LogP contribution in [0.25, 0.3) is 21.8 Å². The van der Waals surface area contributed by atoms with E-state index in [4.69, 9.17) is 5.73 Å². The summed E-state index contributed by atoms with van der Waals surface area (Å²) < 4.78 is 40.9. The molecular formula is C26H24F3N2O. The number of nitrogens with two attached hydrogens (primary N) is 1. The maximum atomic E-state index is 13.0. The third-order valence-electron chi connectivity index (χ3n) is 5.81. The molecule has 165 valence electrons. The van der Waals surface area contributed by atoms with Gasteiger partial charge < -0.3 is 10.3 Å². The second kappa shape index (κ2) is 8.69. The van der Waals surface area contributed by atoms with Crippen molar-refractivity contribution in [3.8, 4) is 0 Å². The number of amides is 1. The van der Waals surface area contributed by atoms with Crippen LogP contribution >= 0.6 is 0 Å². The highest BCUT2D eigenvalue weighted by molar-refractivity contribution is 6.17. The Balaban J connectivity index is 1.85. The van der Waals surface area contributed by atoms with Crippen LogP contribution in [-0.4, -0.2) is 10.5 Å². The van der Waals surface area contributed by atoms with Gasteiger partial charge in [0.2, 0.25) is 5.91 Å². The lowest BCUT2D eigenvalue weighted by molar-refractivity contribution is -0.137. The fourth-order valence-corrected chi connectivity index (χ4v) is 4.18. The Labute approximate surface area is 184 Å². The van der Waals surface area contributed by atoms with Crippen LogP contribution in [0.5, 0.6) is 0 Å². The molecule has 0 atom stereocenters. The largest absolute Gasteiger partial charge is 0.416 e. The van der Waals surface area contributed by atoms with E-state index in [1.165, 1.54) is 12.1 Å². The minimum atomic E-state index is -4.37. The summed E-state index contributed by atoms with van der Waals surface area (Å²) in [5.74, 6) is -0.524.